The van der Waals surface area contributed by atoms with Gasteiger partial charge in [-0.2, -0.15) is 11.8 Å². The average Bonchev–Trinajstić information content (AvgIpc) is 2.53. The minimum atomic E-state index is -0.551. The molecule has 6 nitrogen and oxygen atoms in total. The fourth-order valence-corrected chi connectivity index (χ4v) is 2.79. The number of hydrogen-bond acceptors (Lipinski definition) is 5. The fourth-order valence-electron chi connectivity index (χ4n) is 2.08. The number of likely N-dealkylation sites (N-methyl/N-ethyl adjacent to an activating group) is 1. The fraction of sp³-hybridized carbons (Fsp3) is 0.471. The minimum Gasteiger partial charge on any atom is -0.326 e. The third kappa shape index (κ3) is 6.72. The van der Waals surface area contributed by atoms with Crippen molar-refractivity contribution in [2.75, 3.05) is 28.8 Å². The van der Waals surface area contributed by atoms with Gasteiger partial charge in [0, 0.05) is 18.4 Å². The summed E-state index contributed by atoms with van der Waals surface area (Å²) in [6, 6.07) is 6.35. The van der Waals surface area contributed by atoms with E-state index in [9.17, 15) is 14.4 Å². The number of nitrogens with one attached hydrogen (secondary N) is 1. The molecule has 0 unspecified atom stereocenters. The molecule has 0 bridgehead atoms. The molecule has 0 heterocycles. The number of amides is 2. The van der Waals surface area contributed by atoms with Crippen molar-refractivity contribution in [1.29, 1.82) is 0 Å². The molecular weight excluding hydrogens is 326 g/mol. The maximum Gasteiger partial charge on any atom is 0.243 e. The van der Waals surface area contributed by atoms with Crippen LogP contribution < -0.4 is 16.0 Å². The van der Waals surface area contributed by atoms with E-state index in [-0.39, 0.29) is 24.0 Å². The van der Waals surface area contributed by atoms with Gasteiger partial charge in [-0.15, -0.1) is 0 Å². The van der Waals surface area contributed by atoms with Crippen LogP contribution in [0.25, 0.3) is 0 Å². The van der Waals surface area contributed by atoms with Crippen LogP contribution in [0.3, 0.4) is 0 Å². The highest BCUT2D eigenvalue weighted by Gasteiger charge is 2.19. The van der Waals surface area contributed by atoms with E-state index >= 15 is 0 Å². The maximum atomic E-state index is 12.4. The zero-order chi connectivity index (χ0) is 18.1. The van der Waals surface area contributed by atoms with E-state index in [4.69, 9.17) is 5.73 Å². The molecule has 0 aromatic heterocycles. The lowest BCUT2D eigenvalue weighted by Gasteiger charge is -2.22. The summed E-state index contributed by atoms with van der Waals surface area (Å²) in [5.74, 6) is 1.10. The molecule has 132 valence electrons. The summed E-state index contributed by atoms with van der Waals surface area (Å²) < 4.78 is 0. The van der Waals surface area contributed by atoms with E-state index in [1.54, 1.807) is 43.1 Å². The Labute approximate surface area is 147 Å². The molecule has 1 atom stereocenters. The number of thioether (sulfide) groups is 1. The number of nitrogens with zero attached hydrogens (tertiary/aromatic N) is 1. The van der Waals surface area contributed by atoms with Crippen molar-refractivity contribution in [3.8, 4) is 0 Å². The van der Waals surface area contributed by atoms with Gasteiger partial charge in [-0.3, -0.25) is 14.4 Å². The quantitative estimate of drug-likeness (QED) is 0.525. The smallest absolute Gasteiger partial charge is 0.243 e. The topological polar surface area (TPSA) is 92.5 Å². The van der Waals surface area contributed by atoms with Gasteiger partial charge < -0.3 is 16.0 Å². The monoisotopic (exact) mass is 351 g/mol. The number of Topliss-reactive ketones (excluding diaryl/α,β-unsaturated/α-hetero) is 1. The Bertz CT molecular complexity index is 592. The van der Waals surface area contributed by atoms with Crippen molar-refractivity contribution >= 4 is 40.7 Å². The Morgan fingerprint density at radius 1 is 1.33 bits per heavy atom. The van der Waals surface area contributed by atoms with Crippen LogP contribution in [0.15, 0.2) is 24.3 Å². The zero-order valence-corrected chi connectivity index (χ0v) is 15.2. The third-order valence-corrected chi connectivity index (χ3v) is 4.28. The standard InChI is InChI=1S/C17H25N3O3S/c1-4-24-9-8-15(18)17(23)20(3)14-7-5-6-13(11-14)19-16(22)10-12(2)21/h5-7,11,15H,4,8-10,18H2,1-3H3,(H,19,22)/t15-/m0/s1. The number of rotatable bonds is 9. The third-order valence-electron chi connectivity index (χ3n) is 3.35. The Morgan fingerprint density at radius 2 is 2.04 bits per heavy atom. The number of anilines is 2. The molecule has 2 amide bonds. The first-order chi connectivity index (χ1) is 11.3. The van der Waals surface area contributed by atoms with Gasteiger partial charge in [0.05, 0.1) is 12.5 Å². The second-order valence-corrected chi connectivity index (χ2v) is 6.86. The summed E-state index contributed by atoms with van der Waals surface area (Å²) in [6.45, 7) is 3.43. The van der Waals surface area contributed by atoms with Crippen molar-refractivity contribution in [3.63, 3.8) is 0 Å². The van der Waals surface area contributed by atoms with E-state index < -0.39 is 6.04 Å². The lowest BCUT2D eigenvalue weighted by atomic mass is 10.2. The van der Waals surface area contributed by atoms with Crippen LogP contribution in [0.1, 0.15) is 26.7 Å². The van der Waals surface area contributed by atoms with E-state index in [0.717, 1.165) is 11.5 Å². The van der Waals surface area contributed by atoms with E-state index in [1.807, 2.05) is 0 Å². The van der Waals surface area contributed by atoms with E-state index in [1.165, 1.54) is 11.8 Å². The number of benzene rings is 1. The van der Waals surface area contributed by atoms with Crippen LogP contribution in [0.4, 0.5) is 11.4 Å². The molecule has 3 N–H and O–H groups in total. The van der Waals surface area contributed by atoms with Crippen LogP contribution in [0.5, 0.6) is 0 Å². The molecule has 0 radical (unpaired) electrons. The van der Waals surface area contributed by atoms with Crippen molar-refractivity contribution in [2.45, 2.75) is 32.7 Å². The number of nitrogens with two attached hydrogens (primary N) is 1. The Kier molecular flexibility index (Phi) is 8.49. The predicted molar refractivity (Wildman–Crippen MR) is 99.4 cm³/mol. The normalized spacial score (nSPS) is 11.7. The van der Waals surface area contributed by atoms with Gasteiger partial charge in [0.2, 0.25) is 11.8 Å². The molecule has 1 aromatic rings. The summed E-state index contributed by atoms with van der Waals surface area (Å²) in [7, 11) is 1.66. The van der Waals surface area contributed by atoms with Crippen LogP contribution in [0.2, 0.25) is 0 Å². The second-order valence-electron chi connectivity index (χ2n) is 5.47. The summed E-state index contributed by atoms with van der Waals surface area (Å²) >= 11 is 1.75. The van der Waals surface area contributed by atoms with Gasteiger partial charge in [-0.05, 0) is 43.0 Å². The first kappa shape index (κ1) is 20.2. The lowest BCUT2D eigenvalue weighted by molar-refractivity contribution is -0.124. The lowest BCUT2D eigenvalue weighted by Crippen LogP contribution is -2.42. The summed E-state index contributed by atoms with van der Waals surface area (Å²) in [5, 5.41) is 2.65. The average molecular weight is 351 g/mol. The zero-order valence-electron chi connectivity index (χ0n) is 14.4. The summed E-state index contributed by atoms with van der Waals surface area (Å²) in [5.41, 5.74) is 7.13. The molecule has 0 aliphatic heterocycles. The predicted octanol–water partition coefficient (Wildman–Crippen LogP) is 2.04. The molecule has 1 rings (SSSR count). The molecular formula is C17H25N3O3S. The highest BCUT2D eigenvalue weighted by Crippen LogP contribution is 2.19. The van der Waals surface area contributed by atoms with Gasteiger partial charge in [0.25, 0.3) is 0 Å². The highest BCUT2D eigenvalue weighted by atomic mass is 32.2. The van der Waals surface area contributed by atoms with Gasteiger partial charge >= 0.3 is 0 Å². The molecule has 0 saturated carbocycles. The Balaban J connectivity index is 2.72. The van der Waals surface area contributed by atoms with Crippen molar-refractivity contribution < 1.29 is 14.4 Å². The van der Waals surface area contributed by atoms with Crippen molar-refractivity contribution in [3.05, 3.63) is 24.3 Å². The number of carbonyl (C=O) groups is 3. The Morgan fingerprint density at radius 3 is 2.67 bits per heavy atom. The van der Waals surface area contributed by atoms with Crippen molar-refractivity contribution in [1.82, 2.24) is 0 Å². The van der Waals surface area contributed by atoms with Gasteiger partial charge in [-0.25, -0.2) is 0 Å². The molecule has 7 heteroatoms. The molecule has 24 heavy (non-hydrogen) atoms. The first-order valence-corrected chi connectivity index (χ1v) is 9.00. The highest BCUT2D eigenvalue weighted by molar-refractivity contribution is 7.99. The van der Waals surface area contributed by atoms with Crippen LogP contribution in [-0.4, -0.2) is 42.2 Å². The van der Waals surface area contributed by atoms with Crippen molar-refractivity contribution in [2.24, 2.45) is 5.73 Å². The molecule has 0 aliphatic carbocycles. The Hall–Kier alpha value is -1.86. The molecule has 0 aliphatic rings. The van der Waals surface area contributed by atoms with Gasteiger partial charge in [-0.1, -0.05) is 13.0 Å². The minimum absolute atomic E-state index is 0.168. The molecule has 0 fully saturated rings. The molecule has 0 spiro atoms. The van der Waals surface area contributed by atoms with Crippen LogP contribution in [-0.2, 0) is 14.4 Å². The number of carbonyl (C=O) groups excluding carboxylic acids is 3. The van der Waals surface area contributed by atoms with Crippen LogP contribution in [0, 0.1) is 0 Å². The number of ketones is 1. The molecule has 1 aromatic carbocycles. The van der Waals surface area contributed by atoms with Gasteiger partial charge in [0.1, 0.15) is 5.78 Å². The SMILES string of the molecule is CCSCC[C@H](N)C(=O)N(C)c1cccc(NC(=O)CC(C)=O)c1. The van der Waals surface area contributed by atoms with E-state index in [2.05, 4.69) is 12.2 Å². The van der Waals surface area contributed by atoms with Gasteiger partial charge in [0.15, 0.2) is 0 Å². The maximum absolute atomic E-state index is 12.4. The van der Waals surface area contributed by atoms with Crippen LogP contribution >= 0.6 is 11.8 Å². The first-order valence-electron chi connectivity index (χ1n) is 7.85. The summed E-state index contributed by atoms with van der Waals surface area (Å²) in [6.07, 6.45) is 0.454. The molecule has 0 saturated heterocycles. The summed E-state index contributed by atoms with van der Waals surface area (Å²) in [4.78, 5) is 36.5. The largest absolute Gasteiger partial charge is 0.326 e. The second kappa shape index (κ2) is 10.1. The van der Waals surface area contributed by atoms with E-state index in [0.29, 0.717) is 17.8 Å². The number of hydrogen-bond donors (Lipinski definition) is 2.